The van der Waals surface area contributed by atoms with E-state index in [1.54, 1.807) is 17.1 Å². The van der Waals surface area contributed by atoms with Crippen LogP contribution >= 0.6 is 22.6 Å². The third-order valence-corrected chi connectivity index (χ3v) is 4.71. The molecule has 3 rings (SSSR count). The van der Waals surface area contributed by atoms with Crippen LogP contribution in [-0.4, -0.2) is 20.7 Å². The molecule has 0 atom stereocenters. The molecular weight excluding hydrogens is 403 g/mol. The Balaban J connectivity index is 1.86. The zero-order valence-corrected chi connectivity index (χ0v) is 14.9. The Morgan fingerprint density at radius 3 is 2.74 bits per heavy atom. The molecule has 116 valence electrons. The van der Waals surface area contributed by atoms with E-state index >= 15 is 0 Å². The first-order chi connectivity index (χ1) is 11.1. The zero-order valence-electron chi connectivity index (χ0n) is 12.7. The summed E-state index contributed by atoms with van der Waals surface area (Å²) < 4.78 is 2.77. The normalized spacial score (nSPS) is 10.6. The number of halogens is 1. The molecule has 2 heterocycles. The maximum Gasteiger partial charge on any atom is 0.259 e. The van der Waals surface area contributed by atoms with Crippen molar-refractivity contribution in [3.8, 4) is 5.82 Å². The van der Waals surface area contributed by atoms with Gasteiger partial charge in [0.25, 0.3) is 5.91 Å². The van der Waals surface area contributed by atoms with Crippen LogP contribution in [-0.2, 0) is 0 Å². The van der Waals surface area contributed by atoms with Crippen LogP contribution in [0.15, 0.2) is 48.8 Å². The second-order valence-corrected chi connectivity index (χ2v) is 6.32. The predicted octanol–water partition coefficient (Wildman–Crippen LogP) is 3.74. The Kier molecular flexibility index (Phi) is 4.42. The van der Waals surface area contributed by atoms with Crippen LogP contribution in [0.5, 0.6) is 0 Å². The zero-order chi connectivity index (χ0) is 16.4. The summed E-state index contributed by atoms with van der Waals surface area (Å²) in [6.45, 7) is 3.89. The fourth-order valence-corrected chi connectivity index (χ4v) is 2.73. The number of rotatable bonds is 3. The van der Waals surface area contributed by atoms with Gasteiger partial charge in [-0.15, -0.1) is 0 Å². The fourth-order valence-electron chi connectivity index (χ4n) is 2.21. The van der Waals surface area contributed by atoms with E-state index in [1.807, 2.05) is 50.2 Å². The summed E-state index contributed by atoms with van der Waals surface area (Å²) in [4.78, 5) is 16.7. The summed E-state index contributed by atoms with van der Waals surface area (Å²) in [7, 11) is 0. The first-order valence-electron chi connectivity index (χ1n) is 7.10. The maximum absolute atomic E-state index is 12.5. The molecule has 0 aliphatic heterocycles. The van der Waals surface area contributed by atoms with Crippen LogP contribution in [0, 0.1) is 17.4 Å². The van der Waals surface area contributed by atoms with Crippen molar-refractivity contribution in [1.82, 2.24) is 14.8 Å². The second kappa shape index (κ2) is 6.49. The highest BCUT2D eigenvalue weighted by Gasteiger charge is 2.16. The summed E-state index contributed by atoms with van der Waals surface area (Å²) in [6, 6.07) is 11.4. The summed E-state index contributed by atoms with van der Waals surface area (Å²) >= 11 is 2.25. The quantitative estimate of drug-likeness (QED) is 0.660. The molecule has 3 aromatic rings. The van der Waals surface area contributed by atoms with Gasteiger partial charge in [-0.05, 0) is 66.3 Å². The van der Waals surface area contributed by atoms with Crippen molar-refractivity contribution in [1.29, 1.82) is 0 Å². The average molecular weight is 418 g/mol. The lowest BCUT2D eigenvalue weighted by atomic mass is 10.2. The van der Waals surface area contributed by atoms with E-state index in [2.05, 4.69) is 38.0 Å². The number of nitrogens with zero attached hydrogens (tertiary/aromatic N) is 3. The van der Waals surface area contributed by atoms with Crippen molar-refractivity contribution in [2.75, 3.05) is 5.32 Å². The number of pyridine rings is 1. The molecule has 0 bridgehead atoms. The average Bonchev–Trinajstić information content (AvgIpc) is 2.93. The molecule has 23 heavy (non-hydrogen) atoms. The van der Waals surface area contributed by atoms with Crippen molar-refractivity contribution >= 4 is 34.2 Å². The van der Waals surface area contributed by atoms with E-state index in [0.717, 1.165) is 15.0 Å². The molecule has 1 amide bonds. The Bertz CT molecular complexity index is 858. The number of hydrogen-bond acceptors (Lipinski definition) is 3. The third-order valence-electron chi connectivity index (χ3n) is 3.55. The van der Waals surface area contributed by atoms with Gasteiger partial charge in [0.1, 0.15) is 0 Å². The van der Waals surface area contributed by atoms with E-state index in [9.17, 15) is 4.79 Å². The van der Waals surface area contributed by atoms with Crippen LogP contribution in [0.1, 0.15) is 21.6 Å². The molecule has 0 spiro atoms. The molecule has 0 saturated heterocycles. The molecule has 1 aromatic carbocycles. The van der Waals surface area contributed by atoms with Gasteiger partial charge in [0, 0.05) is 15.5 Å². The summed E-state index contributed by atoms with van der Waals surface area (Å²) in [5.41, 5.74) is 3.24. The van der Waals surface area contributed by atoms with Crippen LogP contribution in [0.2, 0.25) is 0 Å². The number of aryl methyl sites for hydroxylation is 1. The molecule has 1 N–H and O–H groups in total. The minimum absolute atomic E-state index is 0.177. The van der Waals surface area contributed by atoms with Crippen LogP contribution in [0.4, 0.5) is 5.69 Å². The molecule has 0 aliphatic carbocycles. The molecule has 0 saturated carbocycles. The second-order valence-electron chi connectivity index (χ2n) is 5.16. The minimum atomic E-state index is -0.177. The van der Waals surface area contributed by atoms with Gasteiger partial charge in [0.2, 0.25) is 0 Å². The van der Waals surface area contributed by atoms with E-state index in [4.69, 9.17) is 0 Å². The number of amides is 1. The van der Waals surface area contributed by atoms with Crippen molar-refractivity contribution < 1.29 is 4.79 Å². The van der Waals surface area contributed by atoms with Crippen LogP contribution in [0.25, 0.3) is 5.82 Å². The Labute approximate surface area is 147 Å². The number of carbonyl (C=O) groups excluding carboxylic acids is 1. The van der Waals surface area contributed by atoms with E-state index in [0.29, 0.717) is 11.4 Å². The van der Waals surface area contributed by atoms with E-state index in [1.165, 1.54) is 5.56 Å². The van der Waals surface area contributed by atoms with Gasteiger partial charge in [-0.3, -0.25) is 4.79 Å². The van der Waals surface area contributed by atoms with Crippen molar-refractivity contribution in [3.05, 3.63) is 69.2 Å². The molecule has 0 unspecified atom stereocenters. The van der Waals surface area contributed by atoms with Gasteiger partial charge in [-0.2, -0.15) is 5.10 Å². The lowest BCUT2D eigenvalue weighted by Crippen LogP contribution is -2.13. The third kappa shape index (κ3) is 3.26. The van der Waals surface area contributed by atoms with Crippen molar-refractivity contribution in [2.45, 2.75) is 13.8 Å². The maximum atomic E-state index is 12.5. The monoisotopic (exact) mass is 418 g/mol. The largest absolute Gasteiger partial charge is 0.322 e. The topological polar surface area (TPSA) is 59.8 Å². The van der Waals surface area contributed by atoms with Gasteiger partial charge >= 0.3 is 0 Å². The van der Waals surface area contributed by atoms with Crippen molar-refractivity contribution in [2.24, 2.45) is 0 Å². The molecular formula is C17H15IN4O. The smallest absolute Gasteiger partial charge is 0.259 e. The molecule has 6 heteroatoms. The van der Waals surface area contributed by atoms with Crippen LogP contribution in [0.3, 0.4) is 0 Å². The molecule has 0 aliphatic rings. The summed E-state index contributed by atoms with van der Waals surface area (Å²) in [6.07, 6.45) is 3.27. The lowest BCUT2D eigenvalue weighted by Gasteiger charge is -2.07. The van der Waals surface area contributed by atoms with Gasteiger partial charge in [0.15, 0.2) is 5.82 Å². The molecule has 5 nitrogen and oxygen atoms in total. The minimum Gasteiger partial charge on any atom is -0.322 e. The van der Waals surface area contributed by atoms with Crippen molar-refractivity contribution in [3.63, 3.8) is 0 Å². The van der Waals surface area contributed by atoms with Gasteiger partial charge in [-0.25, -0.2) is 9.67 Å². The highest BCUT2D eigenvalue weighted by atomic mass is 127. The van der Waals surface area contributed by atoms with Gasteiger partial charge in [0.05, 0.1) is 17.5 Å². The Morgan fingerprint density at radius 1 is 1.22 bits per heavy atom. The Morgan fingerprint density at radius 2 is 2.04 bits per heavy atom. The molecule has 0 radical (unpaired) electrons. The van der Waals surface area contributed by atoms with Gasteiger partial charge < -0.3 is 5.32 Å². The Hall–Kier alpha value is -2.22. The number of anilines is 1. The highest BCUT2D eigenvalue weighted by Crippen LogP contribution is 2.19. The number of hydrogen-bond donors (Lipinski definition) is 1. The molecule has 0 fully saturated rings. The highest BCUT2D eigenvalue weighted by molar-refractivity contribution is 14.1. The number of carbonyl (C=O) groups is 1. The summed E-state index contributed by atoms with van der Waals surface area (Å²) in [5, 5.41) is 7.19. The first kappa shape index (κ1) is 15.7. The van der Waals surface area contributed by atoms with E-state index in [-0.39, 0.29) is 5.91 Å². The summed E-state index contributed by atoms with van der Waals surface area (Å²) in [5.74, 6) is 0.512. The number of benzene rings is 1. The predicted molar refractivity (Wildman–Crippen MR) is 97.9 cm³/mol. The standard InChI is InChI=1S/C17H15IN4O/c1-11-6-7-13(9-15(11)18)21-17(23)14-10-20-22(12(14)2)16-5-3-4-8-19-16/h3-10H,1-2H3,(H,21,23). The fraction of sp³-hybridized carbons (Fsp3) is 0.118. The number of nitrogens with one attached hydrogen (secondary N) is 1. The van der Waals surface area contributed by atoms with Crippen LogP contribution < -0.4 is 5.32 Å². The lowest BCUT2D eigenvalue weighted by molar-refractivity contribution is 0.102. The SMILES string of the molecule is Cc1ccc(NC(=O)c2cnn(-c3ccccn3)c2C)cc1I. The van der Waals surface area contributed by atoms with E-state index < -0.39 is 0 Å². The van der Waals surface area contributed by atoms with Gasteiger partial charge in [-0.1, -0.05) is 12.1 Å². The number of aromatic nitrogens is 3. The first-order valence-corrected chi connectivity index (χ1v) is 8.17. The molecule has 2 aromatic heterocycles.